The van der Waals surface area contributed by atoms with Crippen molar-refractivity contribution in [2.45, 2.75) is 18.9 Å². The van der Waals surface area contributed by atoms with Crippen molar-refractivity contribution in [1.82, 2.24) is 15.2 Å². The Balaban J connectivity index is 1.96. The maximum Gasteiger partial charge on any atom is 0.356 e. The van der Waals surface area contributed by atoms with Crippen LogP contribution in [-0.4, -0.2) is 53.2 Å². The number of amides is 2. The molecular weight excluding hydrogens is 260 g/mol. The Hall–Kier alpha value is -2.15. The second-order valence-corrected chi connectivity index (χ2v) is 4.90. The number of aromatic carboxylic acids is 1. The minimum Gasteiger partial charge on any atom is -0.476 e. The highest BCUT2D eigenvalue weighted by Gasteiger charge is 2.20. The summed E-state index contributed by atoms with van der Waals surface area (Å²) in [6.07, 6.45) is 3.34. The fraction of sp³-hybridized carbons (Fsp3) is 0.462. The van der Waals surface area contributed by atoms with E-state index in [0.717, 1.165) is 25.9 Å². The number of urea groups is 1. The van der Waals surface area contributed by atoms with Crippen molar-refractivity contribution in [3.8, 4) is 0 Å². The summed E-state index contributed by atoms with van der Waals surface area (Å²) in [6.45, 7) is 1.83. The Morgan fingerprint density at radius 2 is 2.30 bits per heavy atom. The molecular formula is C13H18N4O3. The van der Waals surface area contributed by atoms with Gasteiger partial charge in [0.25, 0.3) is 0 Å². The summed E-state index contributed by atoms with van der Waals surface area (Å²) in [5, 5.41) is 14.4. The number of anilines is 1. The molecule has 1 fully saturated rings. The van der Waals surface area contributed by atoms with E-state index in [1.807, 2.05) is 7.05 Å². The zero-order valence-electron chi connectivity index (χ0n) is 11.3. The predicted molar refractivity (Wildman–Crippen MR) is 73.9 cm³/mol. The van der Waals surface area contributed by atoms with Crippen molar-refractivity contribution in [1.29, 1.82) is 0 Å². The Morgan fingerprint density at radius 3 is 3.00 bits per heavy atom. The summed E-state index contributed by atoms with van der Waals surface area (Å²) >= 11 is 0. The maximum atomic E-state index is 11.9. The van der Waals surface area contributed by atoms with Crippen LogP contribution in [0, 0.1) is 0 Å². The molecule has 0 aromatic carbocycles. The number of rotatable bonds is 3. The summed E-state index contributed by atoms with van der Waals surface area (Å²) in [5.41, 5.74) is 0.0325. The van der Waals surface area contributed by atoms with E-state index in [9.17, 15) is 9.59 Å². The molecule has 20 heavy (non-hydrogen) atoms. The van der Waals surface area contributed by atoms with Crippen molar-refractivity contribution in [3.63, 3.8) is 0 Å². The van der Waals surface area contributed by atoms with Crippen molar-refractivity contribution in [3.05, 3.63) is 24.0 Å². The molecule has 1 aromatic heterocycles. The average Bonchev–Trinajstić information content (AvgIpc) is 2.38. The molecule has 1 unspecified atom stereocenters. The number of piperidine rings is 1. The number of hydrogen-bond donors (Lipinski definition) is 3. The van der Waals surface area contributed by atoms with Gasteiger partial charge in [-0.1, -0.05) is 0 Å². The highest BCUT2D eigenvalue weighted by molar-refractivity contribution is 5.98. The molecule has 3 N–H and O–H groups in total. The van der Waals surface area contributed by atoms with Crippen LogP contribution in [0.3, 0.4) is 0 Å². The number of nitrogens with zero attached hydrogens (tertiary/aromatic N) is 2. The lowest BCUT2D eigenvalue weighted by Crippen LogP contribution is -2.47. The lowest BCUT2D eigenvalue weighted by atomic mass is 10.1. The third-order valence-corrected chi connectivity index (χ3v) is 3.22. The van der Waals surface area contributed by atoms with Crippen LogP contribution in [0.1, 0.15) is 23.3 Å². The van der Waals surface area contributed by atoms with Gasteiger partial charge in [-0.25, -0.2) is 14.6 Å². The van der Waals surface area contributed by atoms with Gasteiger partial charge in [0.2, 0.25) is 0 Å². The van der Waals surface area contributed by atoms with E-state index in [0.29, 0.717) is 0 Å². The molecule has 0 radical (unpaired) electrons. The Bertz CT molecular complexity index is 506. The quantitative estimate of drug-likeness (QED) is 0.766. The topological polar surface area (TPSA) is 94.6 Å². The van der Waals surface area contributed by atoms with Crippen LogP contribution < -0.4 is 10.6 Å². The first-order chi connectivity index (χ1) is 9.56. The van der Waals surface area contributed by atoms with Crippen molar-refractivity contribution in [2.75, 3.05) is 25.5 Å². The van der Waals surface area contributed by atoms with Crippen molar-refractivity contribution >= 4 is 17.7 Å². The van der Waals surface area contributed by atoms with Gasteiger partial charge in [-0.05, 0) is 38.6 Å². The zero-order valence-corrected chi connectivity index (χ0v) is 11.3. The Kier molecular flexibility index (Phi) is 4.52. The molecule has 0 aliphatic carbocycles. The van der Waals surface area contributed by atoms with E-state index in [4.69, 9.17) is 5.11 Å². The minimum absolute atomic E-state index is 0.0821. The summed E-state index contributed by atoms with van der Waals surface area (Å²) in [5.74, 6) is -1.17. The molecule has 7 heteroatoms. The molecule has 2 amide bonds. The first-order valence-corrected chi connectivity index (χ1v) is 6.50. The van der Waals surface area contributed by atoms with Gasteiger partial charge in [0.1, 0.15) is 0 Å². The van der Waals surface area contributed by atoms with Gasteiger partial charge in [0, 0.05) is 18.8 Å². The molecule has 1 saturated heterocycles. The molecule has 1 atom stereocenters. The van der Waals surface area contributed by atoms with Gasteiger partial charge >= 0.3 is 12.0 Å². The van der Waals surface area contributed by atoms with Crippen LogP contribution in [0.25, 0.3) is 0 Å². The number of carboxylic acids is 1. The van der Waals surface area contributed by atoms with E-state index in [2.05, 4.69) is 20.5 Å². The Labute approximate surface area is 117 Å². The van der Waals surface area contributed by atoms with Crippen LogP contribution in [0.2, 0.25) is 0 Å². The second kappa shape index (κ2) is 6.33. The van der Waals surface area contributed by atoms with E-state index < -0.39 is 12.0 Å². The van der Waals surface area contributed by atoms with Gasteiger partial charge < -0.3 is 20.6 Å². The van der Waals surface area contributed by atoms with Gasteiger partial charge in [-0.2, -0.15) is 0 Å². The van der Waals surface area contributed by atoms with Gasteiger partial charge in [0.15, 0.2) is 5.69 Å². The van der Waals surface area contributed by atoms with Crippen molar-refractivity contribution in [2.24, 2.45) is 0 Å². The normalized spacial score (nSPS) is 19.4. The first-order valence-electron chi connectivity index (χ1n) is 6.50. The SMILES string of the molecule is CN1CCCC(NC(=O)Nc2cccnc2C(=O)O)C1. The minimum atomic E-state index is -1.17. The molecule has 0 bridgehead atoms. The molecule has 1 aromatic rings. The van der Waals surface area contributed by atoms with E-state index in [1.165, 1.54) is 12.3 Å². The number of likely N-dealkylation sites (tertiary alicyclic amines) is 1. The number of likely N-dealkylation sites (N-methyl/N-ethyl adjacent to an activating group) is 1. The molecule has 7 nitrogen and oxygen atoms in total. The standard InChI is InChI=1S/C13H18N4O3/c1-17-7-3-4-9(8-17)15-13(20)16-10-5-2-6-14-11(10)12(18)19/h2,5-6,9H,3-4,7-8H2,1H3,(H,18,19)(H2,15,16,20). The number of carboxylic acid groups (broad SMARTS) is 1. The summed E-state index contributed by atoms with van der Waals surface area (Å²) < 4.78 is 0. The molecule has 2 rings (SSSR count). The van der Waals surface area contributed by atoms with Gasteiger partial charge in [-0.3, -0.25) is 0 Å². The maximum absolute atomic E-state index is 11.9. The largest absolute Gasteiger partial charge is 0.476 e. The van der Waals surface area contributed by atoms with Crippen LogP contribution in [0.5, 0.6) is 0 Å². The number of aromatic nitrogens is 1. The fourth-order valence-electron chi connectivity index (χ4n) is 2.30. The molecule has 0 saturated carbocycles. The number of nitrogens with one attached hydrogen (secondary N) is 2. The number of carbonyl (C=O) groups excluding carboxylic acids is 1. The lowest BCUT2D eigenvalue weighted by molar-refractivity contribution is 0.0692. The summed E-state index contributed by atoms with van der Waals surface area (Å²) in [7, 11) is 2.01. The highest BCUT2D eigenvalue weighted by Crippen LogP contribution is 2.12. The first kappa shape index (κ1) is 14.3. The fourth-order valence-corrected chi connectivity index (χ4v) is 2.30. The van der Waals surface area contributed by atoms with E-state index in [-0.39, 0.29) is 17.4 Å². The molecule has 0 spiro atoms. The molecule has 1 aliphatic heterocycles. The third kappa shape index (κ3) is 3.67. The average molecular weight is 278 g/mol. The number of pyridine rings is 1. The van der Waals surface area contributed by atoms with Gasteiger partial charge in [0.05, 0.1) is 5.69 Å². The molecule has 2 heterocycles. The molecule has 108 valence electrons. The second-order valence-electron chi connectivity index (χ2n) is 4.90. The van der Waals surface area contributed by atoms with Crippen LogP contribution in [0.15, 0.2) is 18.3 Å². The van der Waals surface area contributed by atoms with E-state index in [1.54, 1.807) is 6.07 Å². The highest BCUT2D eigenvalue weighted by atomic mass is 16.4. The van der Waals surface area contributed by atoms with Crippen LogP contribution in [-0.2, 0) is 0 Å². The predicted octanol–water partition coefficient (Wildman–Crippen LogP) is 0.995. The zero-order chi connectivity index (χ0) is 14.5. The smallest absolute Gasteiger partial charge is 0.356 e. The van der Waals surface area contributed by atoms with Crippen molar-refractivity contribution < 1.29 is 14.7 Å². The Morgan fingerprint density at radius 1 is 1.50 bits per heavy atom. The third-order valence-electron chi connectivity index (χ3n) is 3.22. The molecule has 1 aliphatic rings. The monoisotopic (exact) mass is 278 g/mol. The lowest BCUT2D eigenvalue weighted by Gasteiger charge is -2.30. The van der Waals surface area contributed by atoms with Crippen LogP contribution >= 0.6 is 0 Å². The van der Waals surface area contributed by atoms with E-state index >= 15 is 0 Å². The number of carbonyl (C=O) groups is 2. The van der Waals surface area contributed by atoms with Gasteiger partial charge in [-0.15, -0.1) is 0 Å². The van der Waals surface area contributed by atoms with Crippen LogP contribution in [0.4, 0.5) is 10.5 Å². The summed E-state index contributed by atoms with van der Waals surface area (Å²) in [6, 6.07) is 2.78. The summed E-state index contributed by atoms with van der Waals surface area (Å²) in [4.78, 5) is 28.8. The number of hydrogen-bond acceptors (Lipinski definition) is 4.